The number of carbonyl (C=O) groups excluding carboxylic acids is 1. The van der Waals surface area contributed by atoms with Crippen molar-refractivity contribution in [3.63, 3.8) is 0 Å². The van der Waals surface area contributed by atoms with E-state index in [-0.39, 0.29) is 6.10 Å². The number of ether oxygens (including phenoxy) is 1. The van der Waals surface area contributed by atoms with Gasteiger partial charge in [-0.25, -0.2) is 9.97 Å². The minimum absolute atomic E-state index is 0.0765. The molecule has 3 rings (SSSR count). The van der Waals surface area contributed by atoms with Crippen molar-refractivity contribution >= 4 is 5.91 Å². The van der Waals surface area contributed by atoms with E-state index < -0.39 is 0 Å². The molecule has 1 aromatic rings. The fourth-order valence-electron chi connectivity index (χ4n) is 2.13. The lowest BCUT2D eigenvalue weighted by molar-refractivity contribution is -0.131. The summed E-state index contributed by atoms with van der Waals surface area (Å²) in [6.45, 7) is 1.50. The molecule has 0 bridgehead atoms. The van der Waals surface area contributed by atoms with Crippen LogP contribution in [0, 0.1) is 5.92 Å². The molecule has 2 heterocycles. The number of hydrogen-bond donors (Lipinski definition) is 0. The number of aromatic nitrogens is 2. The normalized spacial score (nSPS) is 23.8. The van der Waals surface area contributed by atoms with Crippen LogP contribution in [0.2, 0.25) is 0 Å². The van der Waals surface area contributed by atoms with Crippen LogP contribution in [-0.2, 0) is 4.79 Å². The molecule has 90 valence electrons. The first kappa shape index (κ1) is 10.5. The van der Waals surface area contributed by atoms with Crippen LogP contribution in [-0.4, -0.2) is 40.0 Å². The van der Waals surface area contributed by atoms with Gasteiger partial charge in [-0.15, -0.1) is 0 Å². The molecule has 1 saturated heterocycles. The number of amides is 1. The van der Waals surface area contributed by atoms with E-state index in [2.05, 4.69) is 9.97 Å². The maximum atomic E-state index is 11.9. The molecule has 0 N–H and O–H groups in total. The maximum absolute atomic E-state index is 11.9. The average molecular weight is 233 g/mol. The second-order valence-electron chi connectivity index (χ2n) is 4.63. The fraction of sp³-hybridized carbons (Fsp3) is 0.583. The van der Waals surface area contributed by atoms with E-state index in [4.69, 9.17) is 4.74 Å². The van der Waals surface area contributed by atoms with Crippen molar-refractivity contribution in [1.82, 2.24) is 14.9 Å². The molecule has 1 unspecified atom stereocenters. The van der Waals surface area contributed by atoms with E-state index in [9.17, 15) is 4.79 Å². The second kappa shape index (κ2) is 4.31. The summed E-state index contributed by atoms with van der Waals surface area (Å²) in [5.41, 5.74) is 0. The molecule has 0 spiro atoms. The van der Waals surface area contributed by atoms with E-state index in [1.165, 1.54) is 6.33 Å². The van der Waals surface area contributed by atoms with Gasteiger partial charge in [-0.3, -0.25) is 4.79 Å². The van der Waals surface area contributed by atoms with Crippen LogP contribution < -0.4 is 4.74 Å². The van der Waals surface area contributed by atoms with E-state index in [1.54, 1.807) is 12.3 Å². The van der Waals surface area contributed by atoms with Gasteiger partial charge in [0.05, 0.1) is 6.54 Å². The maximum Gasteiger partial charge on any atom is 0.225 e. The Kier molecular flexibility index (Phi) is 2.66. The molecule has 0 aromatic carbocycles. The van der Waals surface area contributed by atoms with E-state index >= 15 is 0 Å². The van der Waals surface area contributed by atoms with Gasteiger partial charge in [0.25, 0.3) is 0 Å². The first-order valence-electron chi connectivity index (χ1n) is 6.04. The van der Waals surface area contributed by atoms with Crippen LogP contribution in [0.5, 0.6) is 5.88 Å². The second-order valence-corrected chi connectivity index (χ2v) is 4.63. The minimum Gasteiger partial charge on any atom is -0.472 e. The van der Waals surface area contributed by atoms with Crippen molar-refractivity contribution in [2.45, 2.75) is 25.4 Å². The first-order valence-corrected chi connectivity index (χ1v) is 6.04. The molecule has 1 amide bonds. The van der Waals surface area contributed by atoms with Crippen molar-refractivity contribution in [2.75, 3.05) is 13.1 Å². The van der Waals surface area contributed by atoms with Gasteiger partial charge in [0.1, 0.15) is 12.4 Å². The molecule has 1 aliphatic heterocycles. The largest absolute Gasteiger partial charge is 0.472 e. The van der Waals surface area contributed by atoms with Gasteiger partial charge >= 0.3 is 0 Å². The van der Waals surface area contributed by atoms with E-state index in [1.807, 2.05) is 4.90 Å². The molecule has 0 radical (unpaired) electrons. The summed E-state index contributed by atoms with van der Waals surface area (Å²) in [6, 6.07) is 1.74. The summed E-state index contributed by atoms with van der Waals surface area (Å²) in [6.07, 6.45) is 6.22. The number of likely N-dealkylation sites (tertiary alicyclic amines) is 1. The Balaban J connectivity index is 1.55. The lowest BCUT2D eigenvalue weighted by Gasteiger charge is -2.16. The highest BCUT2D eigenvalue weighted by molar-refractivity contribution is 5.81. The van der Waals surface area contributed by atoms with Crippen LogP contribution >= 0.6 is 0 Å². The number of carbonyl (C=O) groups is 1. The van der Waals surface area contributed by atoms with Gasteiger partial charge in [-0.05, 0) is 12.8 Å². The topological polar surface area (TPSA) is 55.3 Å². The standard InChI is InChI=1S/C12H15N3O2/c16-12(9-1-2-9)15-6-4-10(7-15)17-11-3-5-13-8-14-11/h3,5,8-10H,1-2,4,6-7H2. The molecule has 5 heteroatoms. The van der Waals surface area contributed by atoms with Crippen molar-refractivity contribution in [3.8, 4) is 5.88 Å². The zero-order chi connectivity index (χ0) is 11.7. The Morgan fingerprint density at radius 3 is 3.00 bits per heavy atom. The molecule has 1 atom stereocenters. The highest BCUT2D eigenvalue weighted by Gasteiger charge is 2.37. The molecule has 1 saturated carbocycles. The Bertz CT molecular complexity index is 405. The molecular formula is C12H15N3O2. The molecule has 5 nitrogen and oxygen atoms in total. The Hall–Kier alpha value is -1.65. The van der Waals surface area contributed by atoms with Crippen LogP contribution in [0.25, 0.3) is 0 Å². The highest BCUT2D eigenvalue weighted by atomic mass is 16.5. The zero-order valence-electron chi connectivity index (χ0n) is 9.58. The third kappa shape index (κ3) is 2.38. The van der Waals surface area contributed by atoms with Gasteiger partial charge in [-0.1, -0.05) is 0 Å². The average Bonchev–Trinajstić information content (AvgIpc) is 3.11. The van der Waals surface area contributed by atoms with Gasteiger partial charge in [0.2, 0.25) is 11.8 Å². The smallest absolute Gasteiger partial charge is 0.225 e. The third-order valence-corrected chi connectivity index (χ3v) is 3.23. The Morgan fingerprint density at radius 2 is 2.29 bits per heavy atom. The molecule has 2 aliphatic rings. The number of rotatable bonds is 3. The van der Waals surface area contributed by atoms with E-state index in [0.29, 0.717) is 24.2 Å². The zero-order valence-corrected chi connectivity index (χ0v) is 9.58. The third-order valence-electron chi connectivity index (χ3n) is 3.23. The minimum atomic E-state index is 0.0765. The van der Waals surface area contributed by atoms with Crippen LogP contribution in [0.1, 0.15) is 19.3 Å². The number of nitrogens with zero attached hydrogens (tertiary/aromatic N) is 3. The summed E-state index contributed by atoms with van der Waals surface area (Å²) in [4.78, 5) is 21.6. The summed E-state index contributed by atoms with van der Waals surface area (Å²) in [5.74, 6) is 1.19. The lowest BCUT2D eigenvalue weighted by atomic mass is 10.3. The summed E-state index contributed by atoms with van der Waals surface area (Å²) in [5, 5.41) is 0. The van der Waals surface area contributed by atoms with Gasteiger partial charge in [0, 0.05) is 31.1 Å². The monoisotopic (exact) mass is 233 g/mol. The van der Waals surface area contributed by atoms with Crippen molar-refractivity contribution < 1.29 is 9.53 Å². The molecule has 17 heavy (non-hydrogen) atoms. The molecular weight excluding hydrogens is 218 g/mol. The highest BCUT2D eigenvalue weighted by Crippen LogP contribution is 2.32. The lowest BCUT2D eigenvalue weighted by Crippen LogP contribution is -2.32. The quantitative estimate of drug-likeness (QED) is 0.777. The summed E-state index contributed by atoms with van der Waals surface area (Å²) < 4.78 is 5.71. The molecule has 1 aliphatic carbocycles. The van der Waals surface area contributed by atoms with Gasteiger partial charge < -0.3 is 9.64 Å². The Morgan fingerprint density at radius 1 is 1.41 bits per heavy atom. The fourth-order valence-corrected chi connectivity index (χ4v) is 2.13. The summed E-state index contributed by atoms with van der Waals surface area (Å²) in [7, 11) is 0. The first-order chi connectivity index (χ1) is 8.33. The van der Waals surface area contributed by atoms with Crippen LogP contribution in [0.4, 0.5) is 0 Å². The van der Waals surface area contributed by atoms with Gasteiger partial charge in [-0.2, -0.15) is 0 Å². The number of hydrogen-bond acceptors (Lipinski definition) is 4. The van der Waals surface area contributed by atoms with Crippen LogP contribution in [0.15, 0.2) is 18.6 Å². The Labute approximate surface area is 99.8 Å². The summed E-state index contributed by atoms with van der Waals surface area (Å²) >= 11 is 0. The van der Waals surface area contributed by atoms with Crippen molar-refractivity contribution in [2.24, 2.45) is 5.92 Å². The molecule has 2 fully saturated rings. The predicted molar refractivity (Wildman–Crippen MR) is 60.4 cm³/mol. The van der Waals surface area contributed by atoms with Crippen molar-refractivity contribution in [1.29, 1.82) is 0 Å². The molecule has 1 aromatic heterocycles. The van der Waals surface area contributed by atoms with E-state index in [0.717, 1.165) is 25.8 Å². The van der Waals surface area contributed by atoms with Crippen molar-refractivity contribution in [3.05, 3.63) is 18.6 Å². The SMILES string of the molecule is O=C(C1CC1)N1CCC(Oc2ccncn2)C1. The predicted octanol–water partition coefficient (Wildman–Crippen LogP) is 0.866. The van der Waals surface area contributed by atoms with Crippen LogP contribution in [0.3, 0.4) is 0 Å². The van der Waals surface area contributed by atoms with Gasteiger partial charge in [0.15, 0.2) is 0 Å².